The molecule has 1 aromatic heterocycles. The summed E-state index contributed by atoms with van der Waals surface area (Å²) in [5, 5.41) is 3.07. The number of sulfonamides is 1. The number of hydrogen-bond donors (Lipinski definition) is 2. The lowest BCUT2D eigenvalue weighted by Gasteiger charge is -2.14. The predicted molar refractivity (Wildman–Crippen MR) is 82.3 cm³/mol. The van der Waals surface area contributed by atoms with Crippen molar-refractivity contribution in [3.05, 3.63) is 18.0 Å². The molecule has 0 radical (unpaired) electrons. The van der Waals surface area contributed by atoms with Crippen LogP contribution in [0.5, 0.6) is 0 Å². The van der Waals surface area contributed by atoms with Crippen molar-refractivity contribution in [2.75, 3.05) is 7.05 Å². The third-order valence-electron chi connectivity index (χ3n) is 3.44. The maximum absolute atomic E-state index is 12.4. The molecule has 0 spiro atoms. The Morgan fingerprint density at radius 1 is 1.25 bits per heavy atom. The van der Waals surface area contributed by atoms with Crippen LogP contribution in [0.25, 0.3) is 0 Å². The lowest BCUT2D eigenvalue weighted by molar-refractivity contribution is 0.529. The van der Waals surface area contributed by atoms with Gasteiger partial charge in [-0.25, -0.2) is 13.1 Å². The molecule has 1 aromatic rings. The molecule has 0 amide bonds. The molecule has 0 atom stereocenters. The average Bonchev–Trinajstić information content (AvgIpc) is 2.81. The van der Waals surface area contributed by atoms with Crippen LogP contribution in [-0.2, 0) is 16.6 Å². The molecule has 1 heterocycles. The van der Waals surface area contributed by atoms with Gasteiger partial charge in [-0.1, -0.05) is 13.8 Å². The van der Waals surface area contributed by atoms with Gasteiger partial charge in [0.05, 0.1) is 4.90 Å². The van der Waals surface area contributed by atoms with Crippen LogP contribution in [0.2, 0.25) is 0 Å². The molecule has 20 heavy (non-hydrogen) atoms. The number of nitrogens with one attached hydrogen (secondary N) is 2. The van der Waals surface area contributed by atoms with Gasteiger partial charge in [0.15, 0.2) is 0 Å². The maximum Gasteiger partial charge on any atom is 0.242 e. The van der Waals surface area contributed by atoms with Crippen LogP contribution in [0.3, 0.4) is 0 Å². The second kappa shape index (κ2) is 7.24. The second-order valence-electron chi connectivity index (χ2n) is 5.33. The van der Waals surface area contributed by atoms with E-state index in [-0.39, 0.29) is 12.1 Å². The van der Waals surface area contributed by atoms with E-state index in [2.05, 4.69) is 10.0 Å². The molecule has 0 saturated heterocycles. The molecule has 0 unspecified atom stereocenters. The van der Waals surface area contributed by atoms with E-state index in [4.69, 9.17) is 0 Å². The minimum Gasteiger partial charge on any atom is -0.346 e. The lowest BCUT2D eigenvalue weighted by Crippen LogP contribution is -2.33. The molecule has 0 saturated carbocycles. The van der Waals surface area contributed by atoms with Gasteiger partial charge in [0.25, 0.3) is 0 Å². The zero-order chi connectivity index (χ0) is 15.3. The monoisotopic (exact) mass is 301 g/mol. The first kappa shape index (κ1) is 17.2. The average molecular weight is 301 g/mol. The Kier molecular flexibility index (Phi) is 6.23. The molecule has 0 fully saturated rings. The third-order valence-corrected chi connectivity index (χ3v) is 4.93. The van der Waals surface area contributed by atoms with E-state index in [1.165, 1.54) is 0 Å². The summed E-state index contributed by atoms with van der Waals surface area (Å²) in [5.74, 6) is 0. The molecule has 116 valence electrons. The highest BCUT2D eigenvalue weighted by atomic mass is 32.2. The van der Waals surface area contributed by atoms with Crippen molar-refractivity contribution in [1.82, 2.24) is 14.6 Å². The lowest BCUT2D eigenvalue weighted by atomic mass is 10.2. The highest BCUT2D eigenvalue weighted by Crippen LogP contribution is 2.19. The van der Waals surface area contributed by atoms with Gasteiger partial charge in [-0.05, 0) is 39.8 Å². The first-order chi connectivity index (χ1) is 9.35. The van der Waals surface area contributed by atoms with Crippen LogP contribution >= 0.6 is 0 Å². The number of aromatic nitrogens is 1. The fourth-order valence-corrected chi connectivity index (χ4v) is 3.64. The van der Waals surface area contributed by atoms with Crippen molar-refractivity contribution in [1.29, 1.82) is 0 Å². The second-order valence-corrected chi connectivity index (χ2v) is 7.05. The minimum absolute atomic E-state index is 0.00449. The van der Waals surface area contributed by atoms with Gasteiger partial charge < -0.3 is 9.88 Å². The van der Waals surface area contributed by atoms with Crippen molar-refractivity contribution in [2.45, 2.75) is 64.1 Å². The summed E-state index contributed by atoms with van der Waals surface area (Å²) in [6.07, 6.45) is 3.32. The van der Waals surface area contributed by atoms with Gasteiger partial charge in [-0.3, -0.25) is 0 Å². The molecule has 6 heteroatoms. The minimum atomic E-state index is -3.44. The van der Waals surface area contributed by atoms with Gasteiger partial charge in [0.1, 0.15) is 0 Å². The highest BCUT2D eigenvalue weighted by molar-refractivity contribution is 7.89. The van der Waals surface area contributed by atoms with Gasteiger partial charge >= 0.3 is 0 Å². The molecule has 2 N–H and O–H groups in total. The van der Waals surface area contributed by atoms with Gasteiger partial charge in [-0.15, -0.1) is 0 Å². The van der Waals surface area contributed by atoms with Crippen LogP contribution < -0.4 is 10.0 Å². The normalized spacial score (nSPS) is 12.6. The van der Waals surface area contributed by atoms with E-state index in [0.29, 0.717) is 11.4 Å². The first-order valence-electron chi connectivity index (χ1n) is 7.23. The fraction of sp³-hybridized carbons (Fsp3) is 0.714. The van der Waals surface area contributed by atoms with E-state index in [1.54, 1.807) is 12.3 Å². The Balaban J connectivity index is 3.09. The fourth-order valence-electron chi connectivity index (χ4n) is 2.19. The Morgan fingerprint density at radius 2 is 1.85 bits per heavy atom. The quantitative estimate of drug-likeness (QED) is 0.774. The zero-order valence-electron chi connectivity index (χ0n) is 13.1. The van der Waals surface area contributed by atoms with Crippen LogP contribution in [-0.4, -0.2) is 26.1 Å². The molecule has 1 rings (SSSR count). The van der Waals surface area contributed by atoms with Gasteiger partial charge in [-0.2, -0.15) is 0 Å². The van der Waals surface area contributed by atoms with Crippen molar-refractivity contribution in [3.8, 4) is 0 Å². The summed E-state index contributed by atoms with van der Waals surface area (Å²) < 4.78 is 29.6. The van der Waals surface area contributed by atoms with Crippen LogP contribution in [0.1, 0.15) is 52.3 Å². The summed E-state index contributed by atoms with van der Waals surface area (Å²) in [4.78, 5) is 0.350. The third kappa shape index (κ3) is 4.07. The SMILES string of the molecule is CCC(CC)NS(=O)(=O)c1cc(CNC)n(C(C)C)c1. The number of hydrogen-bond acceptors (Lipinski definition) is 3. The zero-order valence-corrected chi connectivity index (χ0v) is 13.9. The summed E-state index contributed by atoms with van der Waals surface area (Å²) in [6.45, 7) is 8.72. The van der Waals surface area contributed by atoms with Crippen LogP contribution in [0.4, 0.5) is 0 Å². The van der Waals surface area contributed by atoms with Crippen molar-refractivity contribution < 1.29 is 8.42 Å². The summed E-state index contributed by atoms with van der Waals surface area (Å²) in [5.41, 5.74) is 0.979. The number of nitrogens with zero attached hydrogens (tertiary/aromatic N) is 1. The van der Waals surface area contributed by atoms with Crippen LogP contribution in [0.15, 0.2) is 17.2 Å². The van der Waals surface area contributed by atoms with E-state index >= 15 is 0 Å². The first-order valence-corrected chi connectivity index (χ1v) is 8.71. The molecular weight excluding hydrogens is 274 g/mol. The van der Waals surface area contributed by atoms with Crippen molar-refractivity contribution in [2.24, 2.45) is 0 Å². The Morgan fingerprint density at radius 3 is 2.30 bits per heavy atom. The van der Waals surface area contributed by atoms with E-state index in [9.17, 15) is 8.42 Å². The molecule has 0 aliphatic heterocycles. The Hall–Kier alpha value is -0.850. The topological polar surface area (TPSA) is 63.1 Å². The largest absolute Gasteiger partial charge is 0.346 e. The van der Waals surface area contributed by atoms with E-state index in [1.807, 2.05) is 39.3 Å². The Labute approximate surface area is 122 Å². The van der Waals surface area contributed by atoms with Crippen molar-refractivity contribution in [3.63, 3.8) is 0 Å². The molecule has 0 aromatic carbocycles. The van der Waals surface area contributed by atoms with Gasteiger partial charge in [0, 0.05) is 30.5 Å². The van der Waals surface area contributed by atoms with E-state index < -0.39 is 10.0 Å². The highest BCUT2D eigenvalue weighted by Gasteiger charge is 2.21. The Bertz CT molecular complexity index is 517. The molecule has 5 nitrogen and oxygen atoms in total. The van der Waals surface area contributed by atoms with Crippen LogP contribution in [0, 0.1) is 0 Å². The van der Waals surface area contributed by atoms with E-state index in [0.717, 1.165) is 18.5 Å². The molecular formula is C14H27N3O2S. The predicted octanol–water partition coefficient (Wildman–Crippen LogP) is 2.26. The van der Waals surface area contributed by atoms with Gasteiger partial charge in [0.2, 0.25) is 10.0 Å². The summed E-state index contributed by atoms with van der Waals surface area (Å²) in [6, 6.07) is 1.98. The standard InChI is InChI=1S/C14H27N3O2S/c1-6-12(7-2)16-20(18,19)14-8-13(9-15-5)17(10-14)11(3)4/h8,10-12,15-16H,6-7,9H2,1-5H3. The number of rotatable bonds is 8. The molecule has 0 aliphatic carbocycles. The summed E-state index contributed by atoms with van der Waals surface area (Å²) in [7, 11) is -1.58. The molecule has 0 aliphatic rings. The molecule has 0 bridgehead atoms. The summed E-state index contributed by atoms with van der Waals surface area (Å²) >= 11 is 0. The maximum atomic E-state index is 12.4. The smallest absolute Gasteiger partial charge is 0.242 e. The van der Waals surface area contributed by atoms with Crippen molar-refractivity contribution >= 4 is 10.0 Å².